The summed E-state index contributed by atoms with van der Waals surface area (Å²) in [6.45, 7) is 2.01. The highest BCUT2D eigenvalue weighted by atomic mass is 32.1. The molecular weight excluding hydrogens is 284 g/mol. The van der Waals surface area contributed by atoms with Crippen molar-refractivity contribution in [2.75, 3.05) is 6.61 Å². The number of nitro groups is 1. The van der Waals surface area contributed by atoms with Crippen LogP contribution < -0.4 is 0 Å². The number of aromatic nitrogens is 1. The summed E-state index contributed by atoms with van der Waals surface area (Å²) in [6.07, 6.45) is 3.15. The molecule has 0 saturated carbocycles. The van der Waals surface area contributed by atoms with Crippen molar-refractivity contribution in [2.24, 2.45) is 0 Å². The summed E-state index contributed by atoms with van der Waals surface area (Å²) in [5, 5.41) is 12.6. The molecule has 2 aromatic heterocycles. The molecule has 0 radical (unpaired) electrons. The van der Waals surface area contributed by atoms with Crippen LogP contribution in [0.5, 0.6) is 0 Å². The fourth-order valence-corrected chi connectivity index (χ4v) is 2.03. The van der Waals surface area contributed by atoms with Crippen molar-refractivity contribution in [3.05, 3.63) is 44.1 Å². The molecule has 0 aliphatic carbocycles. The first-order valence-corrected chi connectivity index (χ1v) is 6.53. The normalized spacial score (nSPS) is 10.8. The fourth-order valence-electron chi connectivity index (χ4n) is 1.35. The van der Waals surface area contributed by atoms with E-state index in [0.29, 0.717) is 10.8 Å². The second kappa shape index (κ2) is 6.11. The van der Waals surface area contributed by atoms with Crippen LogP contribution in [0.1, 0.15) is 28.2 Å². The first kappa shape index (κ1) is 13.9. The average Bonchev–Trinajstić information content (AvgIpc) is 3.06. The molecule has 2 aromatic rings. The van der Waals surface area contributed by atoms with Crippen LogP contribution >= 0.6 is 11.3 Å². The summed E-state index contributed by atoms with van der Waals surface area (Å²) in [7, 11) is 0. The van der Waals surface area contributed by atoms with E-state index in [1.807, 2.05) is 0 Å². The predicted octanol–water partition coefficient (Wildman–Crippen LogP) is 2.99. The number of ether oxygens (including phenoxy) is 1. The molecule has 0 fully saturated rings. The van der Waals surface area contributed by atoms with E-state index in [-0.39, 0.29) is 18.2 Å². The summed E-state index contributed by atoms with van der Waals surface area (Å²) in [4.78, 5) is 25.3. The lowest BCUT2D eigenvalue weighted by atomic mass is 10.4. The summed E-state index contributed by atoms with van der Waals surface area (Å²) < 4.78 is 9.78. The highest BCUT2D eigenvalue weighted by molar-refractivity contribution is 7.10. The molecule has 104 valence electrons. The molecule has 20 heavy (non-hydrogen) atoms. The van der Waals surface area contributed by atoms with E-state index in [9.17, 15) is 14.9 Å². The average molecular weight is 294 g/mol. The van der Waals surface area contributed by atoms with Gasteiger partial charge < -0.3 is 9.15 Å². The SMILES string of the molecule is CCOC(=O)c1csc(/C=C/c2ccc([N+](=O)[O-])o2)n1. The maximum Gasteiger partial charge on any atom is 0.433 e. The highest BCUT2D eigenvalue weighted by Crippen LogP contribution is 2.19. The van der Waals surface area contributed by atoms with Crippen LogP contribution in [0, 0.1) is 10.1 Å². The zero-order valence-corrected chi connectivity index (χ0v) is 11.3. The van der Waals surface area contributed by atoms with Gasteiger partial charge in [0.1, 0.15) is 15.7 Å². The van der Waals surface area contributed by atoms with E-state index in [1.54, 1.807) is 24.5 Å². The molecule has 0 aliphatic heterocycles. The zero-order chi connectivity index (χ0) is 14.5. The molecule has 0 aromatic carbocycles. The van der Waals surface area contributed by atoms with Gasteiger partial charge in [0.25, 0.3) is 0 Å². The van der Waals surface area contributed by atoms with Crippen molar-refractivity contribution in [3.63, 3.8) is 0 Å². The lowest BCUT2D eigenvalue weighted by molar-refractivity contribution is -0.402. The summed E-state index contributed by atoms with van der Waals surface area (Å²) in [5.41, 5.74) is 0.238. The monoisotopic (exact) mass is 294 g/mol. The molecule has 0 atom stereocenters. The predicted molar refractivity (Wildman–Crippen MR) is 72.4 cm³/mol. The number of thiazole rings is 1. The van der Waals surface area contributed by atoms with Crippen molar-refractivity contribution in [1.82, 2.24) is 4.98 Å². The number of carbonyl (C=O) groups excluding carboxylic acids is 1. The Morgan fingerprint density at radius 1 is 1.55 bits per heavy atom. The minimum absolute atomic E-state index is 0.238. The Hall–Kier alpha value is -2.48. The Kier molecular flexibility index (Phi) is 4.26. The lowest BCUT2D eigenvalue weighted by Gasteiger charge is -1.95. The van der Waals surface area contributed by atoms with E-state index in [4.69, 9.17) is 9.15 Å². The van der Waals surface area contributed by atoms with Crippen LogP contribution in [-0.4, -0.2) is 22.5 Å². The smallest absolute Gasteiger partial charge is 0.433 e. The van der Waals surface area contributed by atoms with E-state index >= 15 is 0 Å². The Morgan fingerprint density at radius 2 is 2.35 bits per heavy atom. The zero-order valence-electron chi connectivity index (χ0n) is 10.4. The van der Waals surface area contributed by atoms with Gasteiger partial charge in [-0.1, -0.05) is 0 Å². The van der Waals surface area contributed by atoms with Crippen LogP contribution in [-0.2, 0) is 4.74 Å². The van der Waals surface area contributed by atoms with Crippen LogP contribution in [0.3, 0.4) is 0 Å². The van der Waals surface area contributed by atoms with Gasteiger partial charge in [-0.25, -0.2) is 9.78 Å². The molecule has 7 nitrogen and oxygen atoms in total. The molecule has 0 aliphatic rings. The first-order chi connectivity index (χ1) is 9.60. The molecule has 0 amide bonds. The second-order valence-electron chi connectivity index (χ2n) is 3.56. The molecule has 2 heterocycles. The Bertz CT molecular complexity index is 658. The number of esters is 1. The Morgan fingerprint density at radius 3 is 3.00 bits per heavy atom. The van der Waals surface area contributed by atoms with Gasteiger partial charge in [0.2, 0.25) is 0 Å². The third-order valence-electron chi connectivity index (χ3n) is 2.19. The Labute approximate surface area is 117 Å². The second-order valence-corrected chi connectivity index (χ2v) is 4.45. The van der Waals surface area contributed by atoms with Gasteiger partial charge >= 0.3 is 11.9 Å². The van der Waals surface area contributed by atoms with Gasteiger partial charge in [-0.15, -0.1) is 11.3 Å². The minimum atomic E-state index is -0.612. The van der Waals surface area contributed by atoms with Crippen molar-refractivity contribution in [3.8, 4) is 0 Å². The van der Waals surface area contributed by atoms with Gasteiger partial charge in [-0.05, 0) is 25.1 Å². The molecule has 0 bridgehead atoms. The number of nitrogens with zero attached hydrogens (tertiary/aromatic N) is 2. The van der Waals surface area contributed by atoms with Gasteiger partial charge in [-0.2, -0.15) is 0 Å². The lowest BCUT2D eigenvalue weighted by Crippen LogP contribution is -2.04. The van der Waals surface area contributed by atoms with Crippen LogP contribution in [0.2, 0.25) is 0 Å². The molecule has 2 rings (SSSR count). The van der Waals surface area contributed by atoms with Crippen LogP contribution in [0.25, 0.3) is 12.2 Å². The number of furan rings is 1. The number of hydrogen-bond acceptors (Lipinski definition) is 7. The Balaban J connectivity index is 2.07. The van der Waals surface area contributed by atoms with E-state index < -0.39 is 10.9 Å². The van der Waals surface area contributed by atoms with Gasteiger partial charge in [0.15, 0.2) is 5.69 Å². The van der Waals surface area contributed by atoms with Crippen molar-refractivity contribution in [1.29, 1.82) is 0 Å². The standard InChI is InChI=1S/C12H10N2O5S/c1-2-18-12(15)9-7-20-10(13-9)5-3-8-4-6-11(19-8)14(16)17/h3-7H,2H2,1H3/b5-3+. The highest BCUT2D eigenvalue weighted by Gasteiger charge is 2.11. The van der Waals surface area contributed by atoms with Gasteiger partial charge in [0.05, 0.1) is 12.7 Å². The van der Waals surface area contributed by atoms with Crippen molar-refractivity contribution < 1.29 is 18.9 Å². The number of hydrogen-bond donors (Lipinski definition) is 0. The summed E-state index contributed by atoms with van der Waals surface area (Å²) in [6, 6.07) is 2.75. The third kappa shape index (κ3) is 3.29. The number of carbonyl (C=O) groups is 1. The van der Waals surface area contributed by atoms with E-state index in [1.165, 1.54) is 23.5 Å². The molecule has 8 heteroatoms. The largest absolute Gasteiger partial charge is 0.461 e. The molecule has 0 N–H and O–H groups in total. The van der Waals surface area contributed by atoms with Crippen molar-refractivity contribution >= 4 is 35.3 Å². The molecule has 0 spiro atoms. The topological polar surface area (TPSA) is 95.5 Å². The van der Waals surface area contributed by atoms with Crippen LogP contribution in [0.4, 0.5) is 5.88 Å². The third-order valence-corrected chi connectivity index (χ3v) is 3.00. The minimum Gasteiger partial charge on any atom is -0.461 e. The van der Waals surface area contributed by atoms with Crippen molar-refractivity contribution in [2.45, 2.75) is 6.92 Å². The first-order valence-electron chi connectivity index (χ1n) is 5.65. The molecule has 0 saturated heterocycles. The maximum atomic E-state index is 11.4. The molecule has 0 unspecified atom stereocenters. The van der Waals surface area contributed by atoms with E-state index in [2.05, 4.69) is 4.98 Å². The maximum absolute atomic E-state index is 11.4. The summed E-state index contributed by atoms with van der Waals surface area (Å²) in [5.74, 6) is -0.461. The number of rotatable bonds is 5. The van der Waals surface area contributed by atoms with E-state index in [0.717, 1.165) is 0 Å². The fraction of sp³-hybridized carbons (Fsp3) is 0.167. The van der Waals surface area contributed by atoms with Crippen LogP contribution in [0.15, 0.2) is 21.9 Å². The van der Waals surface area contributed by atoms with Gasteiger partial charge in [0, 0.05) is 5.38 Å². The summed E-state index contributed by atoms with van der Waals surface area (Å²) >= 11 is 1.26. The molecular formula is C12H10N2O5S. The van der Waals surface area contributed by atoms with Gasteiger partial charge in [-0.3, -0.25) is 10.1 Å². The quantitative estimate of drug-likeness (QED) is 0.478.